The summed E-state index contributed by atoms with van der Waals surface area (Å²) in [7, 11) is 0. The average molecular weight is 267 g/mol. The number of benzene rings is 1. The lowest BCUT2D eigenvalue weighted by Gasteiger charge is -2.16. The zero-order valence-electron chi connectivity index (χ0n) is 10.8. The van der Waals surface area contributed by atoms with Gasteiger partial charge in [-0.25, -0.2) is 8.78 Å². The highest BCUT2D eigenvalue weighted by atomic mass is 19.2. The minimum Gasteiger partial charge on any atom is -0.339 e. The van der Waals surface area contributed by atoms with E-state index in [1.165, 1.54) is 6.07 Å². The number of aryl methyl sites for hydroxylation is 1. The van der Waals surface area contributed by atoms with Crippen molar-refractivity contribution >= 4 is 0 Å². The van der Waals surface area contributed by atoms with Gasteiger partial charge in [-0.1, -0.05) is 5.16 Å². The molecule has 2 rings (SSSR count). The van der Waals surface area contributed by atoms with Crippen LogP contribution in [-0.4, -0.2) is 15.7 Å². The molecule has 1 aromatic heterocycles. The Morgan fingerprint density at radius 2 is 2.00 bits per heavy atom. The number of nitrogens with two attached hydrogens (primary N) is 1. The molecule has 0 saturated carbocycles. The second-order valence-corrected chi connectivity index (χ2v) is 5.13. The minimum atomic E-state index is -0.938. The van der Waals surface area contributed by atoms with Gasteiger partial charge in [-0.05, 0) is 38.5 Å². The van der Waals surface area contributed by atoms with Crippen LogP contribution in [0.5, 0.6) is 0 Å². The third kappa shape index (κ3) is 3.57. The van der Waals surface area contributed by atoms with Gasteiger partial charge in [0.2, 0.25) is 11.7 Å². The molecule has 102 valence electrons. The van der Waals surface area contributed by atoms with Crippen LogP contribution in [-0.2, 0) is 6.42 Å². The maximum absolute atomic E-state index is 13.1. The van der Waals surface area contributed by atoms with Crippen molar-refractivity contribution in [2.75, 3.05) is 0 Å². The summed E-state index contributed by atoms with van der Waals surface area (Å²) in [6.07, 6.45) is 1.23. The molecule has 0 spiro atoms. The average Bonchev–Trinajstić information content (AvgIpc) is 2.78. The second kappa shape index (κ2) is 5.05. The van der Waals surface area contributed by atoms with E-state index >= 15 is 0 Å². The Bertz CT molecular complexity index is 576. The van der Waals surface area contributed by atoms with E-state index in [2.05, 4.69) is 10.1 Å². The molecule has 0 aliphatic rings. The van der Waals surface area contributed by atoms with Gasteiger partial charge >= 0.3 is 0 Å². The Morgan fingerprint density at radius 3 is 2.63 bits per heavy atom. The van der Waals surface area contributed by atoms with E-state index in [-0.39, 0.29) is 11.4 Å². The van der Waals surface area contributed by atoms with E-state index < -0.39 is 11.6 Å². The Kier molecular flexibility index (Phi) is 3.61. The minimum absolute atomic E-state index is 0.240. The van der Waals surface area contributed by atoms with E-state index in [0.717, 1.165) is 12.1 Å². The normalized spacial score (nSPS) is 11.8. The molecule has 19 heavy (non-hydrogen) atoms. The van der Waals surface area contributed by atoms with Crippen molar-refractivity contribution in [2.24, 2.45) is 5.73 Å². The number of hydrogen-bond donors (Lipinski definition) is 1. The fourth-order valence-corrected chi connectivity index (χ4v) is 1.54. The molecule has 2 N–H and O–H groups in total. The van der Waals surface area contributed by atoms with Gasteiger partial charge in [0.25, 0.3) is 0 Å². The van der Waals surface area contributed by atoms with Crippen molar-refractivity contribution in [3.8, 4) is 11.4 Å². The molecule has 1 heterocycles. The smallest absolute Gasteiger partial charge is 0.227 e. The zero-order valence-corrected chi connectivity index (χ0v) is 10.8. The monoisotopic (exact) mass is 267 g/mol. The Labute approximate surface area is 109 Å². The van der Waals surface area contributed by atoms with Crippen molar-refractivity contribution < 1.29 is 13.3 Å². The summed E-state index contributed by atoms with van der Waals surface area (Å²) < 4.78 is 31.0. The fraction of sp³-hybridized carbons (Fsp3) is 0.385. The lowest BCUT2D eigenvalue weighted by atomic mass is 10.0. The van der Waals surface area contributed by atoms with Crippen LogP contribution in [0, 0.1) is 11.6 Å². The first-order chi connectivity index (χ1) is 8.85. The van der Waals surface area contributed by atoms with E-state index in [0.29, 0.717) is 24.3 Å². The van der Waals surface area contributed by atoms with E-state index in [1.54, 1.807) is 0 Å². The lowest BCUT2D eigenvalue weighted by molar-refractivity contribution is 0.358. The van der Waals surface area contributed by atoms with Gasteiger partial charge in [-0.15, -0.1) is 0 Å². The highest BCUT2D eigenvalue weighted by molar-refractivity contribution is 5.54. The van der Waals surface area contributed by atoms with Gasteiger partial charge in [0, 0.05) is 17.5 Å². The molecular formula is C13H15F2N3O. The van der Waals surface area contributed by atoms with Gasteiger partial charge in [0.1, 0.15) is 0 Å². The van der Waals surface area contributed by atoms with E-state index in [9.17, 15) is 8.78 Å². The molecule has 0 saturated heterocycles. The second-order valence-electron chi connectivity index (χ2n) is 5.13. The number of aromatic nitrogens is 2. The quantitative estimate of drug-likeness (QED) is 0.925. The SMILES string of the molecule is CC(C)(N)CCc1nc(-c2ccc(F)c(F)c2)no1. The Balaban J connectivity index is 2.14. The highest BCUT2D eigenvalue weighted by Gasteiger charge is 2.15. The molecule has 0 fully saturated rings. The molecule has 0 radical (unpaired) electrons. The largest absolute Gasteiger partial charge is 0.339 e. The highest BCUT2D eigenvalue weighted by Crippen LogP contribution is 2.19. The molecule has 1 aromatic carbocycles. The maximum Gasteiger partial charge on any atom is 0.227 e. The first kappa shape index (κ1) is 13.6. The summed E-state index contributed by atoms with van der Waals surface area (Å²) in [5, 5.41) is 3.74. The Morgan fingerprint density at radius 1 is 1.26 bits per heavy atom. The van der Waals surface area contributed by atoms with Crippen LogP contribution in [0.1, 0.15) is 26.2 Å². The van der Waals surface area contributed by atoms with Crippen LogP contribution in [0.4, 0.5) is 8.78 Å². The van der Waals surface area contributed by atoms with Gasteiger partial charge in [0.15, 0.2) is 11.6 Å². The molecule has 0 aliphatic heterocycles. The zero-order chi connectivity index (χ0) is 14.0. The molecule has 0 unspecified atom stereocenters. The number of rotatable bonds is 4. The van der Waals surface area contributed by atoms with Crippen molar-refractivity contribution in [3.63, 3.8) is 0 Å². The summed E-state index contributed by atoms with van der Waals surface area (Å²) in [6.45, 7) is 3.80. The lowest BCUT2D eigenvalue weighted by Crippen LogP contribution is -2.32. The van der Waals surface area contributed by atoms with Crippen LogP contribution in [0.3, 0.4) is 0 Å². The fourth-order valence-electron chi connectivity index (χ4n) is 1.54. The van der Waals surface area contributed by atoms with Gasteiger partial charge < -0.3 is 10.3 Å². The van der Waals surface area contributed by atoms with Gasteiger partial charge in [-0.2, -0.15) is 4.98 Å². The first-order valence-electron chi connectivity index (χ1n) is 5.92. The molecule has 0 aliphatic carbocycles. The third-order valence-corrected chi connectivity index (χ3v) is 2.63. The first-order valence-corrected chi connectivity index (χ1v) is 5.92. The van der Waals surface area contributed by atoms with Crippen LogP contribution in [0.15, 0.2) is 22.7 Å². The molecule has 4 nitrogen and oxygen atoms in total. The summed E-state index contributed by atoms with van der Waals surface area (Å²) in [5.41, 5.74) is 5.91. The summed E-state index contributed by atoms with van der Waals surface area (Å²) in [6, 6.07) is 3.47. The molecule has 0 amide bonds. The van der Waals surface area contributed by atoms with Gasteiger partial charge in [0.05, 0.1) is 0 Å². The molecule has 0 bridgehead atoms. The summed E-state index contributed by atoms with van der Waals surface area (Å²) >= 11 is 0. The summed E-state index contributed by atoms with van der Waals surface area (Å²) in [4.78, 5) is 4.13. The summed E-state index contributed by atoms with van der Waals surface area (Å²) in [5.74, 6) is -1.17. The van der Waals surface area contributed by atoms with Crippen molar-refractivity contribution in [1.29, 1.82) is 0 Å². The van der Waals surface area contributed by atoms with E-state index in [1.807, 2.05) is 13.8 Å². The van der Waals surface area contributed by atoms with E-state index in [4.69, 9.17) is 10.3 Å². The van der Waals surface area contributed by atoms with Crippen molar-refractivity contribution in [3.05, 3.63) is 35.7 Å². The number of halogens is 2. The molecule has 6 heteroatoms. The van der Waals surface area contributed by atoms with Crippen LogP contribution >= 0.6 is 0 Å². The molecule has 2 aromatic rings. The van der Waals surface area contributed by atoms with Crippen molar-refractivity contribution in [2.45, 2.75) is 32.2 Å². The molecular weight excluding hydrogens is 252 g/mol. The number of nitrogens with zero attached hydrogens (tertiary/aromatic N) is 2. The standard InChI is InChI=1S/C13H15F2N3O/c1-13(2,16)6-5-11-17-12(18-19-11)8-3-4-9(14)10(15)7-8/h3-4,7H,5-6,16H2,1-2H3. The topological polar surface area (TPSA) is 64.9 Å². The third-order valence-electron chi connectivity index (χ3n) is 2.63. The van der Waals surface area contributed by atoms with Crippen LogP contribution in [0.25, 0.3) is 11.4 Å². The predicted molar refractivity (Wildman–Crippen MR) is 66.2 cm³/mol. The van der Waals surface area contributed by atoms with Crippen molar-refractivity contribution in [1.82, 2.24) is 10.1 Å². The van der Waals surface area contributed by atoms with Gasteiger partial charge in [-0.3, -0.25) is 0 Å². The van der Waals surface area contributed by atoms with Crippen LogP contribution < -0.4 is 5.73 Å². The van der Waals surface area contributed by atoms with Crippen LogP contribution in [0.2, 0.25) is 0 Å². The molecule has 0 atom stereocenters. The number of hydrogen-bond acceptors (Lipinski definition) is 4. The maximum atomic E-state index is 13.1. The Hall–Kier alpha value is -1.82. The predicted octanol–water partition coefficient (Wildman–Crippen LogP) is 2.68.